The molecular weight excluding hydrogens is 488 g/mol. The molecule has 0 radical (unpaired) electrons. The number of anilines is 1. The van der Waals surface area contributed by atoms with Crippen LogP contribution in [0.3, 0.4) is 0 Å². The van der Waals surface area contributed by atoms with Crippen LogP contribution in [-0.4, -0.2) is 68.2 Å². The normalized spacial score (nSPS) is 23.6. The standard InChI is InChI=1S/C27H37ClN8O/c1-5-23(20-8-10-21(28)11-9-20)33-13-18(3)34(14-17(33)2)25-24-26(36(16-29)27(30)32-25)35(19(4)31-24)15-22-7-6-12-37-22/h8-11,16-18,22-23,29-30H,5-7,12-15H2,1-4H3/t17-,18+,22+,23-/m1/s1. The van der Waals surface area contributed by atoms with Crippen molar-refractivity contribution in [1.29, 1.82) is 10.8 Å². The van der Waals surface area contributed by atoms with Crippen molar-refractivity contribution in [3.05, 3.63) is 46.3 Å². The maximum absolute atomic E-state index is 8.67. The summed E-state index contributed by atoms with van der Waals surface area (Å²) in [5.41, 5.74) is 2.81. The lowest BCUT2D eigenvalue weighted by Crippen LogP contribution is -2.57. The monoisotopic (exact) mass is 524 g/mol. The number of nitrogens with zero attached hydrogens (tertiary/aromatic N) is 6. The average molecular weight is 525 g/mol. The van der Waals surface area contributed by atoms with Crippen molar-refractivity contribution in [2.45, 2.75) is 77.7 Å². The predicted octanol–water partition coefficient (Wildman–Crippen LogP) is 4.36. The fourth-order valence-electron chi connectivity index (χ4n) is 6.02. The van der Waals surface area contributed by atoms with Crippen LogP contribution in [0.5, 0.6) is 0 Å². The third-order valence-electron chi connectivity index (χ3n) is 7.90. The Hall–Kier alpha value is -2.75. The molecule has 1 aromatic carbocycles. The van der Waals surface area contributed by atoms with Crippen LogP contribution in [0.2, 0.25) is 5.02 Å². The second kappa shape index (κ2) is 10.6. The molecule has 0 bridgehead atoms. The van der Waals surface area contributed by atoms with Gasteiger partial charge in [-0.15, -0.1) is 0 Å². The first-order chi connectivity index (χ1) is 17.8. The lowest BCUT2D eigenvalue weighted by Gasteiger charge is -2.48. The molecule has 0 saturated carbocycles. The number of aromatic nitrogens is 4. The number of imidazole rings is 1. The van der Waals surface area contributed by atoms with E-state index >= 15 is 0 Å². The van der Waals surface area contributed by atoms with E-state index in [1.807, 2.05) is 19.1 Å². The number of ether oxygens (including phenoxy) is 1. The van der Waals surface area contributed by atoms with E-state index in [0.29, 0.717) is 12.6 Å². The minimum absolute atomic E-state index is 0.0425. The van der Waals surface area contributed by atoms with Gasteiger partial charge in [-0.05, 0) is 57.7 Å². The topological polar surface area (TPSA) is 99.0 Å². The third kappa shape index (κ3) is 4.80. The van der Waals surface area contributed by atoms with Gasteiger partial charge in [0.1, 0.15) is 11.3 Å². The fraction of sp³-hybridized carbons (Fsp3) is 0.556. The van der Waals surface area contributed by atoms with Gasteiger partial charge >= 0.3 is 0 Å². The first-order valence-electron chi connectivity index (χ1n) is 13.3. The summed E-state index contributed by atoms with van der Waals surface area (Å²) in [4.78, 5) is 14.5. The molecule has 37 heavy (non-hydrogen) atoms. The highest BCUT2D eigenvalue weighted by molar-refractivity contribution is 6.30. The summed E-state index contributed by atoms with van der Waals surface area (Å²) in [6.07, 6.45) is 4.37. The summed E-state index contributed by atoms with van der Waals surface area (Å²) in [7, 11) is 0. The maximum Gasteiger partial charge on any atom is 0.231 e. The number of nitrogens with one attached hydrogen (secondary N) is 2. The second-order valence-electron chi connectivity index (χ2n) is 10.4. The van der Waals surface area contributed by atoms with Crippen LogP contribution in [-0.2, 0) is 11.3 Å². The van der Waals surface area contributed by atoms with Gasteiger partial charge in [-0.1, -0.05) is 30.7 Å². The van der Waals surface area contributed by atoms with Crippen LogP contribution in [0.25, 0.3) is 11.2 Å². The smallest absolute Gasteiger partial charge is 0.231 e. The van der Waals surface area contributed by atoms with Crippen molar-refractivity contribution >= 4 is 34.9 Å². The van der Waals surface area contributed by atoms with Gasteiger partial charge < -0.3 is 14.2 Å². The Balaban J connectivity index is 1.50. The van der Waals surface area contributed by atoms with Crippen LogP contribution in [0.1, 0.15) is 57.5 Å². The minimum Gasteiger partial charge on any atom is -0.376 e. The molecule has 2 saturated heterocycles. The number of rotatable bonds is 7. The van der Waals surface area contributed by atoms with E-state index in [1.165, 1.54) is 10.1 Å². The van der Waals surface area contributed by atoms with Crippen LogP contribution in [0, 0.1) is 17.7 Å². The lowest BCUT2D eigenvalue weighted by atomic mass is 9.97. The molecule has 3 aromatic rings. The molecule has 2 N–H and O–H groups in total. The van der Waals surface area contributed by atoms with Crippen molar-refractivity contribution in [2.24, 2.45) is 0 Å². The zero-order valence-electron chi connectivity index (χ0n) is 22.1. The van der Waals surface area contributed by atoms with E-state index in [4.69, 9.17) is 32.1 Å². The van der Waals surface area contributed by atoms with E-state index < -0.39 is 0 Å². The van der Waals surface area contributed by atoms with Gasteiger partial charge in [-0.25, -0.2) is 4.98 Å². The van der Waals surface area contributed by atoms with E-state index in [2.05, 4.69) is 52.3 Å². The Morgan fingerprint density at radius 3 is 2.57 bits per heavy atom. The van der Waals surface area contributed by atoms with E-state index in [9.17, 15) is 0 Å². The molecule has 0 aliphatic carbocycles. The molecule has 0 unspecified atom stereocenters. The summed E-state index contributed by atoms with van der Waals surface area (Å²) in [5.74, 6) is 1.58. The average Bonchev–Trinajstić information content (AvgIpc) is 3.51. The van der Waals surface area contributed by atoms with E-state index in [1.54, 1.807) is 0 Å². The Bertz CT molecular complexity index is 1330. The first kappa shape index (κ1) is 25.9. The third-order valence-corrected chi connectivity index (χ3v) is 8.15. The second-order valence-corrected chi connectivity index (χ2v) is 10.8. The number of halogens is 1. The first-order valence-corrected chi connectivity index (χ1v) is 13.6. The Kier molecular flexibility index (Phi) is 7.38. The molecule has 10 heteroatoms. The summed E-state index contributed by atoms with van der Waals surface area (Å²) < 4.78 is 9.51. The fourth-order valence-corrected chi connectivity index (χ4v) is 6.14. The van der Waals surface area contributed by atoms with Crippen LogP contribution < -0.4 is 10.5 Å². The van der Waals surface area contributed by atoms with Gasteiger partial charge in [-0.3, -0.25) is 20.3 Å². The van der Waals surface area contributed by atoms with Gasteiger partial charge in [0.05, 0.1) is 19.0 Å². The van der Waals surface area contributed by atoms with Crippen molar-refractivity contribution in [3.63, 3.8) is 0 Å². The molecule has 0 spiro atoms. The predicted molar refractivity (Wildman–Crippen MR) is 147 cm³/mol. The largest absolute Gasteiger partial charge is 0.376 e. The number of aryl methyl sites for hydroxylation is 1. The molecule has 4 atom stereocenters. The number of piperazine rings is 1. The van der Waals surface area contributed by atoms with Gasteiger partial charge in [0.25, 0.3) is 0 Å². The molecular formula is C27H37ClN8O. The summed E-state index contributed by atoms with van der Waals surface area (Å²) in [5, 5.41) is 17.4. The molecule has 9 nitrogen and oxygen atoms in total. The zero-order chi connectivity index (χ0) is 26.3. The summed E-state index contributed by atoms with van der Waals surface area (Å²) in [6, 6.07) is 8.96. The summed E-state index contributed by atoms with van der Waals surface area (Å²) in [6.45, 7) is 11.8. The molecule has 5 rings (SSSR count). The lowest BCUT2D eigenvalue weighted by molar-refractivity contribution is 0.0972. The van der Waals surface area contributed by atoms with Crippen molar-refractivity contribution in [2.75, 3.05) is 24.6 Å². The molecule has 4 heterocycles. The highest BCUT2D eigenvalue weighted by Gasteiger charge is 2.36. The SMILES string of the molecule is CC[C@H](c1ccc(Cl)cc1)N1C[C@H](C)N(c2nc(=N)n(C=N)c3c2nc(C)n3C[C@@H]2CCCO2)C[C@H]1C. The van der Waals surface area contributed by atoms with E-state index in [0.717, 1.165) is 73.1 Å². The molecule has 2 aliphatic rings. The number of benzene rings is 1. The highest BCUT2D eigenvalue weighted by Crippen LogP contribution is 2.34. The van der Waals surface area contributed by atoms with Crippen LogP contribution in [0.4, 0.5) is 5.82 Å². The maximum atomic E-state index is 8.67. The van der Waals surface area contributed by atoms with Gasteiger partial charge in [0.2, 0.25) is 5.62 Å². The van der Waals surface area contributed by atoms with Gasteiger partial charge in [0, 0.05) is 42.8 Å². The minimum atomic E-state index is 0.0425. The molecule has 0 amide bonds. The quantitative estimate of drug-likeness (QED) is 0.353. The van der Waals surface area contributed by atoms with Gasteiger partial charge in [-0.2, -0.15) is 4.98 Å². The molecule has 2 aliphatic heterocycles. The van der Waals surface area contributed by atoms with Crippen molar-refractivity contribution in [1.82, 2.24) is 24.0 Å². The highest BCUT2D eigenvalue weighted by atomic mass is 35.5. The number of fused-ring (bicyclic) bond motifs is 1. The zero-order valence-corrected chi connectivity index (χ0v) is 22.9. The number of hydrogen-bond donors (Lipinski definition) is 2. The van der Waals surface area contributed by atoms with Crippen LogP contribution in [0.15, 0.2) is 24.3 Å². The Morgan fingerprint density at radius 2 is 1.92 bits per heavy atom. The van der Waals surface area contributed by atoms with Crippen molar-refractivity contribution < 1.29 is 4.74 Å². The molecule has 2 aromatic heterocycles. The molecule has 198 valence electrons. The number of hydrogen-bond acceptors (Lipinski definition) is 7. The van der Waals surface area contributed by atoms with Crippen molar-refractivity contribution in [3.8, 4) is 0 Å². The molecule has 2 fully saturated rings. The van der Waals surface area contributed by atoms with E-state index in [-0.39, 0.29) is 23.8 Å². The summed E-state index contributed by atoms with van der Waals surface area (Å²) >= 11 is 6.15. The van der Waals surface area contributed by atoms with Crippen LogP contribution >= 0.6 is 11.6 Å². The van der Waals surface area contributed by atoms with Gasteiger partial charge in [0.15, 0.2) is 11.5 Å². The Morgan fingerprint density at radius 1 is 1.16 bits per heavy atom. The Labute approximate surface area is 223 Å².